The van der Waals surface area contributed by atoms with Crippen molar-refractivity contribution in [2.45, 2.75) is 49.7 Å². The van der Waals surface area contributed by atoms with Gasteiger partial charge in [0.15, 0.2) is 0 Å². The Morgan fingerprint density at radius 2 is 1.82 bits per heavy atom. The maximum atomic E-state index is 10.5. The van der Waals surface area contributed by atoms with Crippen LogP contribution in [0.15, 0.2) is 30.3 Å². The molecule has 0 radical (unpaired) electrons. The largest absolute Gasteiger partial charge is 0.390 e. The molecule has 2 fully saturated rings. The van der Waals surface area contributed by atoms with E-state index in [1.54, 1.807) is 0 Å². The van der Waals surface area contributed by atoms with Crippen molar-refractivity contribution in [2.75, 3.05) is 6.61 Å². The highest BCUT2D eigenvalue weighted by Gasteiger charge is 2.39. The zero-order valence-corrected chi connectivity index (χ0v) is 10.1. The summed E-state index contributed by atoms with van der Waals surface area (Å²) in [7, 11) is 0. The van der Waals surface area contributed by atoms with Crippen LogP contribution in [0.5, 0.6) is 0 Å². The van der Waals surface area contributed by atoms with Crippen LogP contribution in [0.3, 0.4) is 0 Å². The van der Waals surface area contributed by atoms with Crippen molar-refractivity contribution >= 4 is 0 Å². The van der Waals surface area contributed by atoms with E-state index in [9.17, 15) is 5.11 Å². The first-order chi connectivity index (χ1) is 8.25. The van der Waals surface area contributed by atoms with Crippen molar-refractivity contribution in [3.63, 3.8) is 0 Å². The van der Waals surface area contributed by atoms with E-state index in [-0.39, 0.29) is 0 Å². The van der Waals surface area contributed by atoms with Gasteiger partial charge in [0.25, 0.3) is 0 Å². The average Bonchev–Trinajstić information content (AvgIpc) is 3.14. The molecule has 0 amide bonds. The van der Waals surface area contributed by atoms with Crippen molar-refractivity contribution in [3.05, 3.63) is 35.9 Å². The number of hydrogen-bond acceptors (Lipinski definition) is 2. The van der Waals surface area contributed by atoms with Gasteiger partial charge < -0.3 is 9.84 Å². The molecule has 1 aliphatic carbocycles. The van der Waals surface area contributed by atoms with Gasteiger partial charge in [-0.15, -0.1) is 0 Å². The fourth-order valence-corrected chi connectivity index (χ4v) is 3.03. The van der Waals surface area contributed by atoms with Crippen LogP contribution in [0.2, 0.25) is 0 Å². The van der Waals surface area contributed by atoms with Crippen molar-refractivity contribution in [1.29, 1.82) is 0 Å². The fraction of sp³-hybridized carbons (Fsp3) is 0.600. The molecular weight excluding hydrogens is 212 g/mol. The van der Waals surface area contributed by atoms with E-state index in [0.717, 1.165) is 38.7 Å². The Bertz CT molecular complexity index is 362. The molecule has 1 heterocycles. The lowest BCUT2D eigenvalue weighted by Gasteiger charge is -2.36. The van der Waals surface area contributed by atoms with Gasteiger partial charge >= 0.3 is 0 Å². The summed E-state index contributed by atoms with van der Waals surface area (Å²) >= 11 is 0. The molecule has 2 aliphatic rings. The van der Waals surface area contributed by atoms with E-state index >= 15 is 0 Å². The Morgan fingerprint density at radius 1 is 1.18 bits per heavy atom. The molecule has 3 rings (SSSR count). The minimum absolute atomic E-state index is 0.341. The quantitative estimate of drug-likeness (QED) is 0.813. The molecule has 92 valence electrons. The molecule has 1 unspecified atom stereocenters. The van der Waals surface area contributed by atoms with E-state index in [0.29, 0.717) is 12.0 Å². The van der Waals surface area contributed by atoms with Gasteiger partial charge in [-0.2, -0.15) is 0 Å². The van der Waals surface area contributed by atoms with Crippen LogP contribution in [-0.4, -0.2) is 23.4 Å². The first-order valence-electron chi connectivity index (χ1n) is 6.64. The monoisotopic (exact) mass is 232 g/mol. The molecule has 17 heavy (non-hydrogen) atoms. The highest BCUT2D eigenvalue weighted by atomic mass is 16.6. The predicted molar refractivity (Wildman–Crippen MR) is 67.0 cm³/mol. The lowest BCUT2D eigenvalue weighted by atomic mass is 9.74. The lowest BCUT2D eigenvalue weighted by molar-refractivity contribution is -0.0140. The second-order valence-electron chi connectivity index (χ2n) is 5.57. The number of benzene rings is 1. The Labute approximate surface area is 103 Å². The van der Waals surface area contributed by atoms with Crippen LogP contribution in [0.4, 0.5) is 0 Å². The minimum atomic E-state index is -0.452. The van der Waals surface area contributed by atoms with Crippen LogP contribution >= 0.6 is 0 Å². The fourth-order valence-electron chi connectivity index (χ4n) is 3.03. The van der Waals surface area contributed by atoms with Crippen LogP contribution in [-0.2, 0) is 4.74 Å². The number of epoxide rings is 1. The summed E-state index contributed by atoms with van der Waals surface area (Å²) in [6.07, 6.45) is 5.24. The molecule has 1 saturated carbocycles. The topological polar surface area (TPSA) is 32.8 Å². The van der Waals surface area contributed by atoms with Crippen LogP contribution in [0.1, 0.15) is 43.6 Å². The highest BCUT2D eigenvalue weighted by molar-refractivity contribution is 5.20. The second kappa shape index (κ2) is 4.43. The summed E-state index contributed by atoms with van der Waals surface area (Å²) in [5.74, 6) is 0.636. The first-order valence-corrected chi connectivity index (χ1v) is 6.64. The smallest absolute Gasteiger partial charge is 0.0837 e. The first kappa shape index (κ1) is 11.2. The number of aliphatic hydroxyl groups is 1. The summed E-state index contributed by atoms with van der Waals surface area (Å²) in [6.45, 7) is 0.852. The van der Waals surface area contributed by atoms with Gasteiger partial charge in [-0.05, 0) is 37.2 Å². The summed E-state index contributed by atoms with van der Waals surface area (Å²) in [5, 5.41) is 10.5. The predicted octanol–water partition coefficient (Wildman–Crippen LogP) is 2.86. The maximum absolute atomic E-state index is 10.5. The Balaban J connectivity index is 1.59. The molecule has 1 aromatic carbocycles. The summed E-state index contributed by atoms with van der Waals surface area (Å²) in [6, 6.07) is 10.7. The molecule has 1 aliphatic heterocycles. The molecule has 1 saturated heterocycles. The normalized spacial score (nSPS) is 36.8. The van der Waals surface area contributed by atoms with Crippen molar-refractivity contribution in [1.82, 2.24) is 0 Å². The van der Waals surface area contributed by atoms with E-state index < -0.39 is 5.60 Å². The van der Waals surface area contributed by atoms with E-state index in [1.807, 2.05) is 0 Å². The van der Waals surface area contributed by atoms with Crippen molar-refractivity contribution in [3.8, 4) is 0 Å². The molecular formula is C15H20O2. The van der Waals surface area contributed by atoms with Crippen LogP contribution in [0, 0.1) is 0 Å². The average molecular weight is 232 g/mol. The zero-order valence-electron chi connectivity index (χ0n) is 10.1. The third-order valence-electron chi connectivity index (χ3n) is 4.20. The third-order valence-corrected chi connectivity index (χ3v) is 4.20. The van der Waals surface area contributed by atoms with Crippen LogP contribution < -0.4 is 0 Å². The highest BCUT2D eigenvalue weighted by Crippen LogP contribution is 2.41. The number of hydrogen-bond donors (Lipinski definition) is 1. The molecule has 1 atom stereocenters. The molecule has 2 heteroatoms. The molecule has 0 bridgehead atoms. The molecule has 0 aromatic heterocycles. The molecule has 2 nitrogen and oxygen atoms in total. The zero-order chi connectivity index (χ0) is 11.7. The third kappa shape index (κ3) is 2.70. The van der Waals surface area contributed by atoms with Gasteiger partial charge in [0, 0.05) is 6.42 Å². The Kier molecular flexibility index (Phi) is 2.93. The van der Waals surface area contributed by atoms with E-state index in [4.69, 9.17) is 4.74 Å². The van der Waals surface area contributed by atoms with Gasteiger partial charge in [-0.1, -0.05) is 30.3 Å². The number of ether oxygens (including phenoxy) is 1. The standard InChI is InChI=1S/C15H20O2/c16-15(10-14-11-17-14)8-6-13(7-9-15)12-4-2-1-3-5-12/h1-5,13-14,16H,6-11H2. The van der Waals surface area contributed by atoms with Crippen molar-refractivity contribution in [2.24, 2.45) is 0 Å². The van der Waals surface area contributed by atoms with E-state index in [1.165, 1.54) is 5.56 Å². The minimum Gasteiger partial charge on any atom is -0.390 e. The van der Waals surface area contributed by atoms with Gasteiger partial charge in [-0.3, -0.25) is 0 Å². The summed E-state index contributed by atoms with van der Waals surface area (Å²) in [4.78, 5) is 0. The van der Waals surface area contributed by atoms with Crippen LogP contribution in [0.25, 0.3) is 0 Å². The molecule has 0 spiro atoms. The molecule has 1 N–H and O–H groups in total. The van der Waals surface area contributed by atoms with E-state index in [2.05, 4.69) is 30.3 Å². The Morgan fingerprint density at radius 3 is 2.41 bits per heavy atom. The number of rotatable bonds is 3. The van der Waals surface area contributed by atoms with Gasteiger partial charge in [0.05, 0.1) is 18.3 Å². The molecule has 1 aromatic rings. The van der Waals surface area contributed by atoms with Gasteiger partial charge in [0.2, 0.25) is 0 Å². The maximum Gasteiger partial charge on any atom is 0.0837 e. The van der Waals surface area contributed by atoms with Gasteiger partial charge in [0.1, 0.15) is 0 Å². The summed E-state index contributed by atoms with van der Waals surface area (Å²) < 4.78 is 5.23. The lowest BCUT2D eigenvalue weighted by Crippen LogP contribution is -2.35. The SMILES string of the molecule is OC1(CC2CO2)CCC(c2ccccc2)CC1. The van der Waals surface area contributed by atoms with Crippen molar-refractivity contribution < 1.29 is 9.84 Å². The summed E-state index contributed by atoms with van der Waals surface area (Å²) in [5.41, 5.74) is 0.976. The van der Waals surface area contributed by atoms with Gasteiger partial charge in [-0.25, -0.2) is 0 Å². The Hall–Kier alpha value is -0.860. The second-order valence-corrected chi connectivity index (χ2v) is 5.57.